The fraction of sp³-hybridized carbons (Fsp3) is 0.643. The maximum Gasteiger partial charge on any atom is 0.415 e. The van der Waals surface area contributed by atoms with E-state index in [4.69, 9.17) is 5.73 Å². The van der Waals surface area contributed by atoms with Crippen LogP contribution in [-0.2, 0) is 11.2 Å². The lowest BCUT2D eigenvalue weighted by Gasteiger charge is -2.40. The molecule has 0 saturated heterocycles. The number of amides is 1. The summed E-state index contributed by atoms with van der Waals surface area (Å²) in [7, 11) is 0. The summed E-state index contributed by atoms with van der Waals surface area (Å²) in [6, 6.07) is 1.70. The summed E-state index contributed by atoms with van der Waals surface area (Å²) in [5, 5.41) is 1.94. The molecule has 1 saturated carbocycles. The number of halogens is 3. The molecule has 2 aliphatic rings. The average Bonchev–Trinajstić information content (AvgIpc) is 3.12. The lowest BCUT2D eigenvalue weighted by atomic mass is 9.92. The minimum absolute atomic E-state index is 0.238. The Balaban J connectivity index is 1.93. The van der Waals surface area contributed by atoms with Crippen molar-refractivity contribution < 1.29 is 18.0 Å². The molecule has 1 aliphatic carbocycles. The average molecular weight is 318 g/mol. The zero-order valence-electron chi connectivity index (χ0n) is 11.6. The number of fused-ring (bicyclic) bond motifs is 1. The minimum Gasteiger partial charge on any atom is -0.333 e. The molecule has 0 spiro atoms. The smallest absolute Gasteiger partial charge is 0.333 e. The number of hydrogen-bond acceptors (Lipinski definition) is 3. The lowest BCUT2D eigenvalue weighted by Crippen LogP contribution is -2.63. The van der Waals surface area contributed by atoms with E-state index in [1.807, 2.05) is 11.4 Å². The molecular formula is C14H17F3N2OS. The van der Waals surface area contributed by atoms with Gasteiger partial charge in [0.05, 0.1) is 6.04 Å². The van der Waals surface area contributed by atoms with E-state index in [-0.39, 0.29) is 12.0 Å². The highest BCUT2D eigenvalue weighted by Gasteiger charge is 2.57. The molecule has 1 fully saturated rings. The predicted molar refractivity (Wildman–Crippen MR) is 73.8 cm³/mol. The second-order valence-electron chi connectivity index (χ2n) is 6.03. The Morgan fingerprint density at radius 2 is 2.10 bits per heavy atom. The van der Waals surface area contributed by atoms with Crippen LogP contribution in [-0.4, -0.2) is 29.1 Å². The summed E-state index contributed by atoms with van der Waals surface area (Å²) in [4.78, 5) is 15.0. The Kier molecular flexibility index (Phi) is 3.33. The van der Waals surface area contributed by atoms with Crippen molar-refractivity contribution in [3.63, 3.8) is 0 Å². The summed E-state index contributed by atoms with van der Waals surface area (Å²) >= 11 is 1.61. The van der Waals surface area contributed by atoms with Gasteiger partial charge < -0.3 is 10.6 Å². The molecule has 1 aromatic heterocycles. The third-order valence-electron chi connectivity index (χ3n) is 4.38. The largest absolute Gasteiger partial charge is 0.415 e. The highest BCUT2D eigenvalue weighted by atomic mass is 32.1. The van der Waals surface area contributed by atoms with Crippen LogP contribution in [0.2, 0.25) is 0 Å². The first kappa shape index (κ1) is 14.8. The van der Waals surface area contributed by atoms with Gasteiger partial charge in [-0.2, -0.15) is 13.2 Å². The van der Waals surface area contributed by atoms with E-state index in [1.165, 1.54) is 9.78 Å². The molecular weight excluding hydrogens is 301 g/mol. The second kappa shape index (κ2) is 4.71. The van der Waals surface area contributed by atoms with Crippen LogP contribution in [0.1, 0.15) is 36.2 Å². The van der Waals surface area contributed by atoms with E-state index in [9.17, 15) is 18.0 Å². The van der Waals surface area contributed by atoms with Gasteiger partial charge in [0, 0.05) is 11.4 Å². The zero-order valence-corrected chi connectivity index (χ0v) is 12.4. The molecule has 2 unspecified atom stereocenters. The first-order chi connectivity index (χ1) is 9.73. The molecule has 2 N–H and O–H groups in total. The molecule has 3 nitrogen and oxygen atoms in total. The van der Waals surface area contributed by atoms with Gasteiger partial charge in [-0.1, -0.05) is 0 Å². The van der Waals surface area contributed by atoms with Crippen LogP contribution in [0.5, 0.6) is 0 Å². The Morgan fingerprint density at radius 1 is 1.43 bits per heavy atom. The summed E-state index contributed by atoms with van der Waals surface area (Å²) in [6.07, 6.45) is -2.23. The van der Waals surface area contributed by atoms with Gasteiger partial charge in [0.2, 0.25) is 0 Å². The molecule has 3 rings (SSSR count). The normalized spacial score (nSPS) is 25.4. The molecule has 7 heteroatoms. The van der Waals surface area contributed by atoms with Crippen molar-refractivity contribution in [2.24, 2.45) is 11.7 Å². The molecule has 116 valence electrons. The first-order valence-electron chi connectivity index (χ1n) is 6.96. The molecule has 0 aromatic carbocycles. The van der Waals surface area contributed by atoms with Crippen LogP contribution in [0.15, 0.2) is 11.4 Å². The van der Waals surface area contributed by atoms with Crippen LogP contribution < -0.4 is 5.73 Å². The number of nitrogens with two attached hydrogens (primary N) is 1. The van der Waals surface area contributed by atoms with Crippen molar-refractivity contribution in [1.29, 1.82) is 0 Å². The van der Waals surface area contributed by atoms with Crippen molar-refractivity contribution in [1.82, 2.24) is 4.90 Å². The molecule has 21 heavy (non-hydrogen) atoms. The number of rotatable bonds is 2. The monoisotopic (exact) mass is 318 g/mol. The summed E-state index contributed by atoms with van der Waals surface area (Å²) < 4.78 is 39.1. The predicted octanol–water partition coefficient (Wildman–Crippen LogP) is 2.86. The molecule has 2 atom stereocenters. The Hall–Kier alpha value is -1.08. The highest BCUT2D eigenvalue weighted by molar-refractivity contribution is 7.10. The number of hydrogen-bond donors (Lipinski definition) is 1. The number of thiophene rings is 1. The van der Waals surface area contributed by atoms with Crippen molar-refractivity contribution in [3.8, 4) is 0 Å². The Labute approximate surface area is 124 Å². The van der Waals surface area contributed by atoms with Gasteiger partial charge in [-0.25, -0.2) is 0 Å². The van der Waals surface area contributed by atoms with Crippen molar-refractivity contribution in [2.45, 2.75) is 43.9 Å². The zero-order chi connectivity index (χ0) is 15.4. The highest BCUT2D eigenvalue weighted by Crippen LogP contribution is 2.49. The van der Waals surface area contributed by atoms with E-state index >= 15 is 0 Å². The van der Waals surface area contributed by atoms with Crippen LogP contribution >= 0.6 is 11.3 Å². The molecule has 1 aliphatic heterocycles. The molecule has 0 radical (unpaired) electrons. The molecule has 0 bridgehead atoms. The molecule has 2 heterocycles. The Morgan fingerprint density at radius 3 is 2.67 bits per heavy atom. The maximum absolute atomic E-state index is 13.0. The summed E-state index contributed by atoms with van der Waals surface area (Å²) in [5.74, 6) is -0.740. The van der Waals surface area contributed by atoms with Crippen molar-refractivity contribution in [2.75, 3.05) is 6.54 Å². The molecule has 1 aromatic rings. The second-order valence-corrected chi connectivity index (χ2v) is 7.03. The van der Waals surface area contributed by atoms with Gasteiger partial charge in [0.15, 0.2) is 5.54 Å². The number of carbonyl (C=O) groups excluding carboxylic acids is 1. The topological polar surface area (TPSA) is 46.3 Å². The van der Waals surface area contributed by atoms with E-state index in [0.29, 0.717) is 13.0 Å². The molecule has 1 amide bonds. The van der Waals surface area contributed by atoms with E-state index in [2.05, 4.69) is 0 Å². The quantitative estimate of drug-likeness (QED) is 0.911. The SMILES string of the molecule is CC(N)(C(=O)N1CCc2sccc2C1C1CC1)C(F)(F)F. The third-order valence-corrected chi connectivity index (χ3v) is 5.37. The van der Waals surface area contributed by atoms with Crippen LogP contribution in [0.3, 0.4) is 0 Å². The van der Waals surface area contributed by atoms with Crippen molar-refractivity contribution in [3.05, 3.63) is 21.9 Å². The fourth-order valence-corrected chi connectivity index (χ4v) is 3.83. The van der Waals surface area contributed by atoms with Gasteiger partial charge in [0.25, 0.3) is 5.91 Å². The van der Waals surface area contributed by atoms with Gasteiger partial charge >= 0.3 is 6.18 Å². The summed E-state index contributed by atoms with van der Waals surface area (Å²) in [6.45, 7) is 1.08. The first-order valence-corrected chi connectivity index (χ1v) is 7.84. The fourth-order valence-electron chi connectivity index (χ4n) is 2.91. The third kappa shape index (κ3) is 2.36. The van der Waals surface area contributed by atoms with Gasteiger partial charge in [-0.3, -0.25) is 4.79 Å². The van der Waals surface area contributed by atoms with Crippen LogP contribution in [0.4, 0.5) is 13.2 Å². The van der Waals surface area contributed by atoms with Gasteiger partial charge in [-0.15, -0.1) is 11.3 Å². The van der Waals surface area contributed by atoms with E-state index in [0.717, 1.165) is 25.3 Å². The Bertz CT molecular complexity index is 563. The van der Waals surface area contributed by atoms with Gasteiger partial charge in [-0.05, 0) is 49.1 Å². The number of alkyl halides is 3. The standard InChI is InChI=1S/C14H17F3N2OS/c1-13(18,14(15,16)17)12(20)19-6-4-10-9(5-7-21-10)11(19)8-2-3-8/h5,7-8,11H,2-4,6,18H2,1H3. The lowest BCUT2D eigenvalue weighted by molar-refractivity contribution is -0.195. The minimum atomic E-state index is -4.74. The van der Waals surface area contributed by atoms with Crippen molar-refractivity contribution >= 4 is 17.2 Å². The summed E-state index contributed by atoms with van der Waals surface area (Å²) in [5.41, 5.74) is 3.52. The maximum atomic E-state index is 13.0. The number of nitrogens with zero attached hydrogens (tertiary/aromatic N) is 1. The number of carbonyl (C=O) groups is 1. The van der Waals surface area contributed by atoms with Crippen LogP contribution in [0, 0.1) is 5.92 Å². The van der Waals surface area contributed by atoms with E-state index in [1.54, 1.807) is 11.3 Å². The van der Waals surface area contributed by atoms with Crippen LogP contribution in [0.25, 0.3) is 0 Å². The van der Waals surface area contributed by atoms with E-state index < -0.39 is 17.6 Å². The van der Waals surface area contributed by atoms with Gasteiger partial charge in [0.1, 0.15) is 0 Å².